The van der Waals surface area contributed by atoms with Gasteiger partial charge in [0.05, 0.1) is 5.92 Å². The number of halogens is 6. The van der Waals surface area contributed by atoms with E-state index in [1.807, 2.05) is 0 Å². The van der Waals surface area contributed by atoms with Crippen molar-refractivity contribution in [3.8, 4) is 0 Å². The van der Waals surface area contributed by atoms with Crippen LogP contribution in [0.15, 0.2) is 0 Å². The van der Waals surface area contributed by atoms with E-state index >= 15 is 0 Å². The summed E-state index contributed by atoms with van der Waals surface area (Å²) >= 11 is 0. The first kappa shape index (κ1) is 20.2. The molecule has 0 bridgehead atoms. The minimum atomic E-state index is -6.09. The molecule has 0 aromatic carbocycles. The highest BCUT2D eigenvalue weighted by Crippen LogP contribution is 2.58. The quantitative estimate of drug-likeness (QED) is 0.387. The van der Waals surface area contributed by atoms with Crippen LogP contribution in [0, 0.1) is 11.8 Å². The predicted octanol–water partition coefficient (Wildman–Crippen LogP) is 2.05. The lowest BCUT2D eigenvalue weighted by Crippen LogP contribution is -2.70. The highest BCUT2D eigenvalue weighted by Gasteiger charge is 2.86. The van der Waals surface area contributed by atoms with Crippen molar-refractivity contribution in [2.45, 2.75) is 69.5 Å². The van der Waals surface area contributed by atoms with Crippen LogP contribution in [0.25, 0.3) is 0 Å². The average molecular weight is 378 g/mol. The van der Waals surface area contributed by atoms with Crippen LogP contribution in [0.3, 0.4) is 0 Å². The fourth-order valence-corrected chi connectivity index (χ4v) is 3.37. The van der Waals surface area contributed by atoms with Crippen molar-refractivity contribution in [1.29, 1.82) is 0 Å². The third kappa shape index (κ3) is 2.62. The van der Waals surface area contributed by atoms with Gasteiger partial charge in [0.2, 0.25) is 0 Å². The van der Waals surface area contributed by atoms with Crippen molar-refractivity contribution >= 4 is 5.97 Å². The predicted molar refractivity (Wildman–Crippen MR) is 73.0 cm³/mol. The molecular weight excluding hydrogens is 358 g/mol. The molecule has 25 heavy (non-hydrogen) atoms. The van der Waals surface area contributed by atoms with Crippen LogP contribution < -0.4 is 10.6 Å². The van der Waals surface area contributed by atoms with Crippen molar-refractivity contribution in [3.63, 3.8) is 0 Å². The highest BCUT2D eigenvalue weighted by atomic mass is 19.4. The Hall–Kier alpha value is -1.07. The maximum absolute atomic E-state index is 13.0. The van der Waals surface area contributed by atoms with Crippen LogP contribution >= 0.6 is 0 Å². The number of rotatable bonds is 5. The summed E-state index contributed by atoms with van der Waals surface area (Å²) in [6.45, 7) is 5.66. The molecule has 2 fully saturated rings. The first-order chi connectivity index (χ1) is 10.9. The van der Waals surface area contributed by atoms with Crippen LogP contribution in [-0.4, -0.2) is 46.0 Å². The molecule has 2 rings (SSSR count). The van der Waals surface area contributed by atoms with Crippen LogP contribution in [-0.2, 0) is 9.53 Å². The Balaban J connectivity index is 2.31. The zero-order valence-corrected chi connectivity index (χ0v) is 14.2. The van der Waals surface area contributed by atoms with Crippen molar-refractivity contribution in [2.75, 3.05) is 0 Å². The summed E-state index contributed by atoms with van der Waals surface area (Å²) in [5, 5.41) is 15.3. The number of hydrogen-bond donors (Lipinski definition) is 3. The number of nitrogens with one attached hydrogen (secondary N) is 2. The number of esters is 1. The zero-order valence-electron chi connectivity index (χ0n) is 14.2. The lowest BCUT2D eigenvalue weighted by atomic mass is 9.83. The number of ether oxygens (including phenoxy) is 1. The van der Waals surface area contributed by atoms with E-state index in [-0.39, 0.29) is 0 Å². The van der Waals surface area contributed by atoms with Gasteiger partial charge in [-0.25, -0.2) is 0 Å². The van der Waals surface area contributed by atoms with E-state index in [0.717, 1.165) is 0 Å². The topological polar surface area (TPSA) is 90.4 Å². The number of alkyl halides is 6. The molecule has 0 spiro atoms. The van der Waals surface area contributed by atoms with E-state index in [1.165, 1.54) is 0 Å². The Bertz CT molecular complexity index is 564. The standard InChI is InChI=1S/C14H20F6N2O3/c1-6(2)7(11-10(5,21-11)22-11)8(23)25-9(3,4)12(24,13(15,16)17)14(18,19)20/h6-7,21-22,24H,1-5H3. The van der Waals surface area contributed by atoms with Gasteiger partial charge in [0, 0.05) is 0 Å². The maximum Gasteiger partial charge on any atom is 0.430 e. The molecule has 2 aliphatic rings. The molecule has 0 saturated carbocycles. The first-order valence-electron chi connectivity index (χ1n) is 7.54. The molecule has 5 nitrogen and oxygen atoms in total. The Labute approximate surface area is 140 Å². The fourth-order valence-electron chi connectivity index (χ4n) is 3.37. The van der Waals surface area contributed by atoms with Gasteiger partial charge in [-0.05, 0) is 26.7 Å². The van der Waals surface area contributed by atoms with E-state index in [2.05, 4.69) is 15.4 Å². The molecule has 0 aliphatic carbocycles. The van der Waals surface area contributed by atoms with Gasteiger partial charge in [0.15, 0.2) is 5.60 Å². The van der Waals surface area contributed by atoms with Crippen LogP contribution in [0.5, 0.6) is 0 Å². The average Bonchev–Trinajstić information content (AvgIpc) is 3.07. The van der Waals surface area contributed by atoms with Gasteiger partial charge < -0.3 is 9.84 Å². The fraction of sp³-hybridized carbons (Fsp3) is 0.929. The molecule has 2 heterocycles. The summed E-state index contributed by atoms with van der Waals surface area (Å²) in [6.07, 6.45) is -12.2. The summed E-state index contributed by atoms with van der Waals surface area (Å²) in [4.78, 5) is 12.4. The summed E-state index contributed by atoms with van der Waals surface area (Å²) < 4.78 is 82.8. The number of carbonyl (C=O) groups is 1. The Morgan fingerprint density at radius 3 is 1.64 bits per heavy atom. The Morgan fingerprint density at radius 1 is 1.04 bits per heavy atom. The molecule has 11 heteroatoms. The molecule has 2 saturated heterocycles. The number of hydrogen-bond acceptors (Lipinski definition) is 5. The van der Waals surface area contributed by atoms with Crippen molar-refractivity contribution in [3.05, 3.63) is 0 Å². The second-order valence-electron chi connectivity index (χ2n) is 7.54. The summed E-state index contributed by atoms with van der Waals surface area (Å²) in [7, 11) is 0. The van der Waals surface area contributed by atoms with Gasteiger partial charge in [0.25, 0.3) is 5.60 Å². The molecule has 0 radical (unpaired) electrons. The molecule has 0 amide bonds. The smallest absolute Gasteiger partial charge is 0.430 e. The lowest BCUT2D eigenvalue weighted by Gasteiger charge is -2.43. The molecular formula is C14H20F6N2O3. The monoisotopic (exact) mass is 378 g/mol. The first-order valence-corrected chi connectivity index (χ1v) is 7.54. The summed E-state index contributed by atoms with van der Waals surface area (Å²) in [6, 6.07) is 0. The Kier molecular flexibility index (Phi) is 4.05. The minimum absolute atomic E-state index is 0.390. The maximum atomic E-state index is 13.0. The molecule has 2 aliphatic heterocycles. The number of fused-ring (bicyclic) bond motifs is 1. The van der Waals surface area contributed by atoms with Gasteiger partial charge >= 0.3 is 18.3 Å². The lowest BCUT2D eigenvalue weighted by molar-refractivity contribution is -0.407. The van der Waals surface area contributed by atoms with E-state index in [1.54, 1.807) is 20.8 Å². The largest absolute Gasteiger partial charge is 0.455 e. The molecule has 1 unspecified atom stereocenters. The SMILES string of the molecule is CC(C)C(C(=O)OC(C)(C)C(O)(C(F)(F)F)C(F)(F)F)C12NC1(C)N2. The van der Waals surface area contributed by atoms with Gasteiger partial charge in [-0.1, -0.05) is 13.8 Å². The van der Waals surface area contributed by atoms with Gasteiger partial charge in [-0.15, -0.1) is 0 Å². The van der Waals surface area contributed by atoms with Crippen molar-refractivity contribution in [2.24, 2.45) is 11.8 Å². The minimum Gasteiger partial charge on any atom is -0.455 e. The molecule has 146 valence electrons. The third-order valence-electron chi connectivity index (χ3n) is 4.99. The summed E-state index contributed by atoms with van der Waals surface area (Å²) in [5.41, 5.74) is -9.98. The zero-order chi connectivity index (χ0) is 19.9. The van der Waals surface area contributed by atoms with Crippen LogP contribution in [0.4, 0.5) is 26.3 Å². The van der Waals surface area contributed by atoms with E-state index < -0.39 is 52.7 Å². The highest BCUT2D eigenvalue weighted by molar-refractivity contribution is 5.78. The van der Waals surface area contributed by atoms with Crippen molar-refractivity contribution in [1.82, 2.24) is 10.6 Å². The molecule has 0 aromatic rings. The van der Waals surface area contributed by atoms with Crippen molar-refractivity contribution < 1.29 is 41.0 Å². The second-order valence-corrected chi connectivity index (χ2v) is 7.54. The van der Waals surface area contributed by atoms with Gasteiger partial charge in [-0.2, -0.15) is 26.3 Å². The molecule has 0 aromatic heterocycles. The van der Waals surface area contributed by atoms with E-state index in [0.29, 0.717) is 13.8 Å². The molecule has 1 atom stereocenters. The summed E-state index contributed by atoms with van der Waals surface area (Å²) in [5.74, 6) is -2.71. The van der Waals surface area contributed by atoms with Crippen LogP contribution in [0.2, 0.25) is 0 Å². The van der Waals surface area contributed by atoms with E-state index in [4.69, 9.17) is 0 Å². The Morgan fingerprint density at radius 2 is 1.40 bits per heavy atom. The normalized spacial score (nSPS) is 30.8. The third-order valence-corrected chi connectivity index (χ3v) is 4.99. The van der Waals surface area contributed by atoms with Crippen LogP contribution in [0.1, 0.15) is 34.6 Å². The van der Waals surface area contributed by atoms with E-state index in [9.17, 15) is 36.2 Å². The van der Waals surface area contributed by atoms with Gasteiger partial charge in [0.1, 0.15) is 11.3 Å². The molecule has 3 N–H and O–H groups in total. The number of aliphatic hydroxyl groups is 1. The van der Waals surface area contributed by atoms with Gasteiger partial charge in [-0.3, -0.25) is 15.4 Å². The number of carbonyl (C=O) groups excluding carboxylic acids is 1. The second kappa shape index (κ2) is 5.01.